The number of hydrogen-bond acceptors (Lipinski definition) is 5. The first-order valence-electron chi connectivity index (χ1n) is 13.6. The summed E-state index contributed by atoms with van der Waals surface area (Å²) >= 11 is 1.61. The summed E-state index contributed by atoms with van der Waals surface area (Å²) < 4.78 is 46.5. The lowest BCUT2D eigenvalue weighted by Crippen LogP contribution is -2.19. The van der Waals surface area contributed by atoms with Gasteiger partial charge in [-0.2, -0.15) is 13.2 Å². The number of pyridine rings is 2. The quantitative estimate of drug-likeness (QED) is 0.178. The lowest BCUT2D eigenvalue weighted by atomic mass is 9.95. The molecule has 0 saturated carbocycles. The minimum absolute atomic E-state index is 0.208. The van der Waals surface area contributed by atoms with Gasteiger partial charge in [-0.05, 0) is 48.4 Å². The maximum Gasteiger partial charge on any atom is 0.417 e. The number of carboxylic acid groups (broad SMARTS) is 1. The van der Waals surface area contributed by atoms with Crippen molar-refractivity contribution in [3.63, 3.8) is 0 Å². The van der Waals surface area contributed by atoms with Crippen LogP contribution in [0.15, 0.2) is 90.1 Å². The monoisotopic (exact) mass is 605 g/mol. The molecule has 10 heteroatoms. The Morgan fingerprint density at radius 1 is 1.00 bits per heavy atom. The number of halogens is 3. The van der Waals surface area contributed by atoms with Crippen molar-refractivity contribution in [3.8, 4) is 22.9 Å². The van der Waals surface area contributed by atoms with Gasteiger partial charge in [0, 0.05) is 57.3 Å². The third-order valence-corrected chi connectivity index (χ3v) is 8.09. The van der Waals surface area contributed by atoms with Gasteiger partial charge in [0.2, 0.25) is 5.88 Å². The highest BCUT2D eigenvalue weighted by atomic mass is 32.2. The van der Waals surface area contributed by atoms with Crippen molar-refractivity contribution in [3.05, 3.63) is 102 Å². The molecule has 0 aliphatic carbocycles. The molecule has 222 valence electrons. The molecule has 0 fully saturated rings. The van der Waals surface area contributed by atoms with Crippen molar-refractivity contribution < 1.29 is 27.8 Å². The summed E-state index contributed by atoms with van der Waals surface area (Å²) in [5.41, 5.74) is 2.57. The van der Waals surface area contributed by atoms with Crippen LogP contribution in [-0.2, 0) is 24.4 Å². The Labute approximate surface area is 251 Å². The van der Waals surface area contributed by atoms with Crippen LogP contribution in [0.5, 0.6) is 11.6 Å². The third-order valence-electron chi connectivity index (χ3n) is 6.84. The predicted octanol–water partition coefficient (Wildman–Crippen LogP) is 8.75. The zero-order chi connectivity index (χ0) is 30.9. The molecule has 5 rings (SSSR count). The summed E-state index contributed by atoms with van der Waals surface area (Å²) in [5.74, 6) is -0.766. The molecule has 5 aromatic rings. The van der Waals surface area contributed by atoms with Gasteiger partial charge in [0.15, 0.2) is 0 Å². The van der Waals surface area contributed by atoms with Gasteiger partial charge in [-0.25, -0.2) is 4.98 Å². The summed E-state index contributed by atoms with van der Waals surface area (Å²) in [4.78, 5) is 21.9. The van der Waals surface area contributed by atoms with Crippen LogP contribution in [0.4, 0.5) is 13.2 Å². The Morgan fingerprint density at radius 2 is 1.74 bits per heavy atom. The summed E-state index contributed by atoms with van der Waals surface area (Å²) in [5, 5.41) is 11.4. The first kappa shape index (κ1) is 30.2. The number of carbonyl (C=O) groups is 1. The Hall–Kier alpha value is -4.31. The molecule has 0 aliphatic rings. The number of aryl methyl sites for hydroxylation is 1. The molecule has 6 nitrogen and oxygen atoms in total. The first-order valence-corrected chi connectivity index (χ1v) is 14.4. The van der Waals surface area contributed by atoms with Gasteiger partial charge >= 0.3 is 12.1 Å². The molecule has 3 aromatic heterocycles. The fraction of sp³-hybridized carbons (Fsp3) is 0.242. The maximum absolute atomic E-state index is 12.9. The molecule has 1 unspecified atom stereocenters. The molecule has 1 atom stereocenters. The smallest absolute Gasteiger partial charge is 0.417 e. The second kappa shape index (κ2) is 11.8. The van der Waals surface area contributed by atoms with E-state index >= 15 is 0 Å². The SMILES string of the molecule is Cn1c(C(Cc2ccc(-c3ccc(C(F)(F)F)cn3)cc2)C(=O)O)c(SC(C)(C)C)c2cc(Oc3ccccn3)ccc21. The van der Waals surface area contributed by atoms with E-state index in [0.29, 0.717) is 28.6 Å². The number of ether oxygens (including phenoxy) is 1. The van der Waals surface area contributed by atoms with E-state index in [4.69, 9.17) is 4.74 Å². The maximum atomic E-state index is 12.9. The highest BCUT2D eigenvalue weighted by Crippen LogP contribution is 2.45. The van der Waals surface area contributed by atoms with Gasteiger partial charge < -0.3 is 14.4 Å². The van der Waals surface area contributed by atoms with Crippen LogP contribution in [-0.4, -0.2) is 30.4 Å². The second-order valence-electron chi connectivity index (χ2n) is 11.2. The molecule has 43 heavy (non-hydrogen) atoms. The van der Waals surface area contributed by atoms with Gasteiger partial charge in [0.1, 0.15) is 11.7 Å². The Balaban J connectivity index is 1.50. The highest BCUT2D eigenvalue weighted by molar-refractivity contribution is 8.00. The predicted molar refractivity (Wildman–Crippen MR) is 162 cm³/mol. The third kappa shape index (κ3) is 6.85. The number of rotatable bonds is 8. The van der Waals surface area contributed by atoms with Crippen LogP contribution in [0.25, 0.3) is 22.2 Å². The van der Waals surface area contributed by atoms with Crippen molar-refractivity contribution in [2.45, 2.75) is 48.9 Å². The van der Waals surface area contributed by atoms with Crippen LogP contribution in [0.3, 0.4) is 0 Å². The lowest BCUT2D eigenvalue weighted by Gasteiger charge is -2.22. The summed E-state index contributed by atoms with van der Waals surface area (Å²) in [6.45, 7) is 6.24. The molecule has 1 N–H and O–H groups in total. The lowest BCUT2D eigenvalue weighted by molar-refractivity contribution is -0.139. The largest absolute Gasteiger partial charge is 0.481 e. The van der Waals surface area contributed by atoms with Crippen LogP contribution in [0.2, 0.25) is 0 Å². The summed E-state index contributed by atoms with van der Waals surface area (Å²) in [6, 6.07) is 20.5. The minimum Gasteiger partial charge on any atom is -0.481 e. The number of hydrogen-bond donors (Lipinski definition) is 1. The summed E-state index contributed by atoms with van der Waals surface area (Å²) in [6.07, 6.45) is -1.78. The van der Waals surface area contributed by atoms with E-state index in [1.165, 1.54) is 6.07 Å². The molecule has 0 amide bonds. The zero-order valence-corrected chi connectivity index (χ0v) is 24.8. The minimum atomic E-state index is -4.46. The van der Waals surface area contributed by atoms with Crippen LogP contribution in [0.1, 0.15) is 43.5 Å². The Morgan fingerprint density at radius 3 is 2.33 bits per heavy atom. The number of thioether (sulfide) groups is 1. The van der Waals surface area contributed by atoms with E-state index in [1.807, 2.05) is 41.9 Å². The Kier molecular flexibility index (Phi) is 8.25. The number of aromatic nitrogens is 3. The summed E-state index contributed by atoms with van der Waals surface area (Å²) in [7, 11) is 1.87. The fourth-order valence-electron chi connectivity index (χ4n) is 4.89. The van der Waals surface area contributed by atoms with E-state index in [-0.39, 0.29) is 11.2 Å². The number of benzene rings is 2. The number of carboxylic acids is 1. The number of fused-ring (bicyclic) bond motifs is 1. The van der Waals surface area contributed by atoms with Gasteiger partial charge in [0.25, 0.3) is 0 Å². The van der Waals surface area contributed by atoms with Crippen molar-refractivity contribution >= 4 is 28.6 Å². The molecule has 0 aliphatic heterocycles. The molecule has 3 heterocycles. The average Bonchev–Trinajstić information content (AvgIpc) is 3.21. The average molecular weight is 606 g/mol. The van der Waals surface area contributed by atoms with Crippen molar-refractivity contribution in [2.24, 2.45) is 7.05 Å². The zero-order valence-electron chi connectivity index (χ0n) is 24.0. The van der Waals surface area contributed by atoms with E-state index < -0.39 is 23.6 Å². The first-order chi connectivity index (χ1) is 20.3. The molecule has 0 radical (unpaired) electrons. The van der Waals surface area contributed by atoms with E-state index in [2.05, 4.69) is 30.7 Å². The van der Waals surface area contributed by atoms with Crippen molar-refractivity contribution in [2.75, 3.05) is 0 Å². The van der Waals surface area contributed by atoms with Gasteiger partial charge in [-0.15, -0.1) is 11.8 Å². The van der Waals surface area contributed by atoms with Crippen LogP contribution < -0.4 is 4.74 Å². The van der Waals surface area contributed by atoms with Crippen molar-refractivity contribution in [1.29, 1.82) is 0 Å². The Bertz CT molecular complexity index is 1750. The molecule has 2 aromatic carbocycles. The van der Waals surface area contributed by atoms with Crippen LogP contribution in [0, 0.1) is 0 Å². The van der Waals surface area contributed by atoms with E-state index in [1.54, 1.807) is 48.3 Å². The highest BCUT2D eigenvalue weighted by Gasteiger charge is 2.32. The van der Waals surface area contributed by atoms with Gasteiger partial charge in [0.05, 0.1) is 11.3 Å². The van der Waals surface area contributed by atoms with Gasteiger partial charge in [-0.1, -0.05) is 51.1 Å². The van der Waals surface area contributed by atoms with Gasteiger partial charge in [-0.3, -0.25) is 9.78 Å². The molecule has 0 saturated heterocycles. The second-order valence-corrected chi connectivity index (χ2v) is 13.0. The topological polar surface area (TPSA) is 77.2 Å². The molecule has 0 bridgehead atoms. The molecular formula is C33H30F3N3O3S. The van der Waals surface area contributed by atoms with E-state index in [9.17, 15) is 23.1 Å². The van der Waals surface area contributed by atoms with Crippen LogP contribution >= 0.6 is 11.8 Å². The standard InChI is InChI=1S/C33H30F3N3O3S/c1-32(2,3)43-30-24-18-23(42-28-7-5-6-16-37-28)13-15-27(24)39(4)29(30)25(31(40)41)17-20-8-10-21(11-9-20)26-14-12-22(19-38-26)33(34,35)36/h5-16,18-19,25H,17H2,1-4H3,(H,40,41). The number of nitrogens with zero attached hydrogens (tertiary/aromatic N) is 3. The molecule has 0 spiro atoms. The number of aliphatic carboxylic acids is 1. The normalized spacial score (nSPS) is 12.8. The fourth-order valence-corrected chi connectivity index (χ4v) is 6.16. The van der Waals surface area contributed by atoms with E-state index in [0.717, 1.165) is 33.6 Å². The van der Waals surface area contributed by atoms with Crippen molar-refractivity contribution in [1.82, 2.24) is 14.5 Å². The molecular weight excluding hydrogens is 575 g/mol. The number of alkyl halides is 3.